The summed E-state index contributed by atoms with van der Waals surface area (Å²) in [6.45, 7) is 4.01. The highest BCUT2D eigenvalue weighted by Gasteiger charge is 2.38. The first-order valence-corrected chi connectivity index (χ1v) is 6.52. The fourth-order valence-electron chi connectivity index (χ4n) is 2.04. The first-order valence-electron chi connectivity index (χ1n) is 5.73. The molecule has 1 saturated carbocycles. The Kier molecular flexibility index (Phi) is 3.31. The third kappa shape index (κ3) is 2.63. The molecule has 0 spiro atoms. The van der Waals surface area contributed by atoms with Crippen LogP contribution in [0.25, 0.3) is 0 Å². The van der Waals surface area contributed by atoms with Gasteiger partial charge in [-0.2, -0.15) is 0 Å². The van der Waals surface area contributed by atoms with Crippen molar-refractivity contribution in [1.29, 1.82) is 0 Å². The Morgan fingerprint density at radius 3 is 2.61 bits per heavy atom. The number of benzene rings is 1. The van der Waals surface area contributed by atoms with Gasteiger partial charge in [0.1, 0.15) is 11.5 Å². The van der Waals surface area contributed by atoms with Crippen LogP contribution in [-0.2, 0) is 0 Å². The monoisotopic (exact) mass is 316 g/mol. The summed E-state index contributed by atoms with van der Waals surface area (Å²) in [5.74, 6) is -0.114. The summed E-state index contributed by atoms with van der Waals surface area (Å²) in [4.78, 5) is 10.4. The number of halogens is 2. The van der Waals surface area contributed by atoms with E-state index in [4.69, 9.17) is 0 Å². The molecule has 0 unspecified atom stereocenters. The molecule has 1 aliphatic rings. The molecule has 1 N–H and O–H groups in total. The number of nitrogens with one attached hydrogen (secondary N) is 1. The van der Waals surface area contributed by atoms with Crippen LogP contribution in [0.2, 0.25) is 0 Å². The Labute approximate surface area is 113 Å². The molecule has 98 valence electrons. The Hall–Kier alpha value is -1.17. The van der Waals surface area contributed by atoms with Crippen LogP contribution in [0.1, 0.15) is 26.7 Å². The average molecular weight is 317 g/mol. The maximum Gasteiger partial charge on any atom is 0.295 e. The molecule has 18 heavy (non-hydrogen) atoms. The zero-order chi connectivity index (χ0) is 13.5. The minimum absolute atomic E-state index is 0.220. The zero-order valence-corrected chi connectivity index (χ0v) is 11.8. The van der Waals surface area contributed by atoms with Crippen LogP contribution in [0.15, 0.2) is 16.6 Å². The van der Waals surface area contributed by atoms with Crippen LogP contribution < -0.4 is 5.32 Å². The Morgan fingerprint density at radius 1 is 1.50 bits per heavy atom. The second-order valence-electron chi connectivity index (χ2n) is 5.16. The van der Waals surface area contributed by atoms with Gasteiger partial charge < -0.3 is 5.32 Å². The minimum Gasteiger partial charge on any atom is -0.374 e. The van der Waals surface area contributed by atoms with E-state index in [-0.39, 0.29) is 15.7 Å². The highest BCUT2D eigenvalue weighted by molar-refractivity contribution is 9.10. The molecule has 0 amide bonds. The fraction of sp³-hybridized carbons (Fsp3) is 0.500. The van der Waals surface area contributed by atoms with E-state index in [1.54, 1.807) is 0 Å². The van der Waals surface area contributed by atoms with Gasteiger partial charge in [0, 0.05) is 5.54 Å². The van der Waals surface area contributed by atoms with Gasteiger partial charge in [-0.3, -0.25) is 10.1 Å². The van der Waals surface area contributed by atoms with Gasteiger partial charge in [0.05, 0.1) is 15.5 Å². The van der Waals surface area contributed by atoms with Crippen molar-refractivity contribution in [2.24, 2.45) is 5.92 Å². The summed E-state index contributed by atoms with van der Waals surface area (Å²) >= 11 is 3.05. The number of nitro benzene ring substituents is 1. The molecule has 1 fully saturated rings. The molecule has 1 aromatic carbocycles. The molecule has 0 aliphatic heterocycles. The van der Waals surface area contributed by atoms with Crippen molar-refractivity contribution in [2.45, 2.75) is 32.2 Å². The Balaban J connectivity index is 2.36. The van der Waals surface area contributed by atoms with Gasteiger partial charge in [0.2, 0.25) is 0 Å². The van der Waals surface area contributed by atoms with Crippen LogP contribution in [0, 0.1) is 21.8 Å². The molecule has 1 aliphatic carbocycles. The van der Waals surface area contributed by atoms with Gasteiger partial charge in [0.15, 0.2) is 0 Å². The van der Waals surface area contributed by atoms with E-state index in [0.29, 0.717) is 11.6 Å². The predicted molar refractivity (Wildman–Crippen MR) is 71.2 cm³/mol. The third-order valence-electron chi connectivity index (χ3n) is 3.29. The summed E-state index contributed by atoms with van der Waals surface area (Å²) in [7, 11) is 0. The second-order valence-corrected chi connectivity index (χ2v) is 6.02. The molecule has 2 rings (SSSR count). The minimum atomic E-state index is -0.628. The lowest BCUT2D eigenvalue weighted by Crippen LogP contribution is -2.33. The molecule has 0 heterocycles. The SMILES string of the molecule is CC(C)(Nc1cc(Br)c(F)cc1[N+](=O)[O-])C1CC1. The molecule has 1 aromatic rings. The average Bonchev–Trinajstić information content (AvgIpc) is 3.05. The first kappa shape index (κ1) is 13.3. The Bertz CT molecular complexity index is 501. The maximum atomic E-state index is 13.3. The van der Waals surface area contributed by atoms with E-state index in [9.17, 15) is 14.5 Å². The van der Waals surface area contributed by atoms with E-state index in [1.165, 1.54) is 6.07 Å². The number of rotatable bonds is 4. The topological polar surface area (TPSA) is 55.2 Å². The quantitative estimate of drug-likeness (QED) is 0.672. The van der Waals surface area contributed by atoms with E-state index in [2.05, 4.69) is 21.2 Å². The zero-order valence-electron chi connectivity index (χ0n) is 10.2. The molecule has 0 bridgehead atoms. The maximum absolute atomic E-state index is 13.3. The van der Waals surface area contributed by atoms with Crippen molar-refractivity contribution in [1.82, 2.24) is 0 Å². The van der Waals surface area contributed by atoms with Crippen LogP contribution in [-0.4, -0.2) is 10.5 Å². The largest absolute Gasteiger partial charge is 0.374 e. The van der Waals surface area contributed by atoms with Gasteiger partial charge in [-0.15, -0.1) is 0 Å². The second kappa shape index (κ2) is 4.50. The molecule has 0 aromatic heterocycles. The van der Waals surface area contributed by atoms with Crippen LogP contribution in [0.3, 0.4) is 0 Å². The fourth-order valence-corrected chi connectivity index (χ4v) is 2.39. The number of hydrogen-bond acceptors (Lipinski definition) is 3. The van der Waals surface area contributed by atoms with Gasteiger partial charge in [-0.05, 0) is 54.6 Å². The van der Waals surface area contributed by atoms with Crippen LogP contribution in [0.5, 0.6) is 0 Å². The smallest absolute Gasteiger partial charge is 0.295 e. The summed E-state index contributed by atoms with van der Waals surface area (Å²) in [6.07, 6.45) is 2.24. The summed E-state index contributed by atoms with van der Waals surface area (Å²) in [5.41, 5.74) is -0.100. The molecule has 0 radical (unpaired) electrons. The summed E-state index contributed by atoms with van der Waals surface area (Å²) in [6, 6.07) is 2.37. The van der Waals surface area contributed by atoms with E-state index >= 15 is 0 Å². The number of hydrogen-bond donors (Lipinski definition) is 1. The lowest BCUT2D eigenvalue weighted by molar-refractivity contribution is -0.384. The van der Waals surface area contributed by atoms with Gasteiger partial charge in [0.25, 0.3) is 5.69 Å². The molecule has 4 nitrogen and oxygen atoms in total. The molecular formula is C12H14BrFN2O2. The van der Waals surface area contributed by atoms with Gasteiger partial charge in [-0.1, -0.05) is 0 Å². The van der Waals surface area contributed by atoms with E-state index in [1.807, 2.05) is 13.8 Å². The van der Waals surface area contributed by atoms with Crippen molar-refractivity contribution in [3.8, 4) is 0 Å². The predicted octanol–water partition coefficient (Wildman–Crippen LogP) is 4.10. The molecule has 0 saturated heterocycles. The Morgan fingerprint density at radius 2 is 2.11 bits per heavy atom. The lowest BCUT2D eigenvalue weighted by Gasteiger charge is -2.27. The lowest BCUT2D eigenvalue weighted by atomic mass is 9.98. The highest BCUT2D eigenvalue weighted by atomic mass is 79.9. The molecule has 0 atom stereocenters. The highest BCUT2D eigenvalue weighted by Crippen LogP contribution is 2.42. The van der Waals surface area contributed by atoms with Crippen LogP contribution >= 0.6 is 15.9 Å². The van der Waals surface area contributed by atoms with Crippen LogP contribution in [0.4, 0.5) is 15.8 Å². The van der Waals surface area contributed by atoms with Gasteiger partial charge >= 0.3 is 0 Å². The van der Waals surface area contributed by atoms with Crippen molar-refractivity contribution in [2.75, 3.05) is 5.32 Å². The standard InChI is InChI=1S/C12H14BrFN2O2/c1-12(2,7-3-4-7)15-10-5-8(13)9(14)6-11(10)16(17)18/h5-7,15H,3-4H2,1-2H3. The summed E-state index contributed by atoms with van der Waals surface area (Å²) in [5, 5.41) is 14.1. The number of nitro groups is 1. The summed E-state index contributed by atoms with van der Waals surface area (Å²) < 4.78 is 13.6. The van der Waals surface area contributed by atoms with Gasteiger partial charge in [-0.25, -0.2) is 4.39 Å². The molecular weight excluding hydrogens is 303 g/mol. The number of anilines is 1. The van der Waals surface area contributed by atoms with E-state index < -0.39 is 10.7 Å². The van der Waals surface area contributed by atoms with Crippen molar-refractivity contribution in [3.05, 3.63) is 32.5 Å². The van der Waals surface area contributed by atoms with Crippen molar-refractivity contribution < 1.29 is 9.31 Å². The normalized spacial score (nSPS) is 15.6. The number of nitrogens with zero attached hydrogens (tertiary/aromatic N) is 1. The van der Waals surface area contributed by atoms with Crippen molar-refractivity contribution in [3.63, 3.8) is 0 Å². The van der Waals surface area contributed by atoms with E-state index in [0.717, 1.165) is 18.9 Å². The third-order valence-corrected chi connectivity index (χ3v) is 3.90. The first-order chi connectivity index (χ1) is 8.31. The van der Waals surface area contributed by atoms with Crippen molar-refractivity contribution >= 4 is 27.3 Å². The molecule has 6 heteroatoms.